The molecular weight excluding hydrogens is 334 g/mol. The van der Waals surface area contributed by atoms with Gasteiger partial charge in [-0.2, -0.15) is 5.10 Å². The fourth-order valence-corrected chi connectivity index (χ4v) is 3.28. The number of ether oxygens (including phenoxy) is 1. The summed E-state index contributed by atoms with van der Waals surface area (Å²) in [6, 6.07) is 4.78. The number of aromatic nitrogens is 2. The lowest BCUT2D eigenvalue weighted by Gasteiger charge is -2.10. The van der Waals surface area contributed by atoms with E-state index >= 15 is 0 Å². The van der Waals surface area contributed by atoms with Crippen LogP contribution in [0, 0.1) is 0 Å². The quantitative estimate of drug-likeness (QED) is 0.919. The Labute approximate surface area is 119 Å². The van der Waals surface area contributed by atoms with E-state index in [0.29, 0.717) is 10.2 Å². The number of nitrogens with one attached hydrogen (secondary N) is 1. The molecule has 2 aromatic rings. The van der Waals surface area contributed by atoms with E-state index in [2.05, 4.69) is 25.8 Å². The summed E-state index contributed by atoms with van der Waals surface area (Å²) in [5.41, 5.74) is 0.393. The van der Waals surface area contributed by atoms with Crippen molar-refractivity contribution in [2.75, 3.05) is 11.8 Å². The summed E-state index contributed by atoms with van der Waals surface area (Å²) < 4.78 is 34.3. The smallest absolute Gasteiger partial charge is 0.265 e. The highest BCUT2D eigenvalue weighted by molar-refractivity contribution is 9.10. The molecule has 0 fully saturated rings. The maximum absolute atomic E-state index is 12.3. The van der Waals surface area contributed by atoms with Crippen LogP contribution in [-0.4, -0.2) is 25.3 Å². The number of benzene rings is 1. The van der Waals surface area contributed by atoms with Crippen molar-refractivity contribution >= 4 is 31.6 Å². The predicted molar refractivity (Wildman–Crippen MR) is 74.7 cm³/mol. The van der Waals surface area contributed by atoms with Gasteiger partial charge in [-0.1, -0.05) is 15.9 Å². The van der Waals surface area contributed by atoms with Gasteiger partial charge in [0.05, 0.1) is 19.0 Å². The van der Waals surface area contributed by atoms with Crippen molar-refractivity contribution in [2.45, 2.75) is 4.90 Å². The van der Waals surface area contributed by atoms with E-state index in [-0.39, 0.29) is 10.6 Å². The largest absolute Gasteiger partial charge is 0.495 e. The molecule has 0 saturated carbocycles. The molecule has 0 aliphatic carbocycles. The third-order valence-electron chi connectivity index (χ3n) is 2.37. The number of hydrogen-bond acceptors (Lipinski definition) is 4. The van der Waals surface area contributed by atoms with Crippen LogP contribution in [0.5, 0.6) is 5.75 Å². The number of halogens is 1. The minimum atomic E-state index is -3.72. The molecule has 1 heterocycles. The number of sulfonamides is 1. The predicted octanol–water partition coefficient (Wildman–Crippen LogP) is 1.99. The Morgan fingerprint density at radius 2 is 2.16 bits per heavy atom. The first kappa shape index (κ1) is 13.9. The summed E-state index contributed by atoms with van der Waals surface area (Å²) in [5, 5.41) is 3.90. The molecule has 0 bridgehead atoms. The lowest BCUT2D eigenvalue weighted by atomic mass is 10.3. The van der Waals surface area contributed by atoms with E-state index in [4.69, 9.17) is 4.74 Å². The molecule has 1 aromatic carbocycles. The first-order valence-electron chi connectivity index (χ1n) is 5.27. The van der Waals surface area contributed by atoms with Crippen LogP contribution >= 0.6 is 15.9 Å². The number of hydrogen-bond donors (Lipinski definition) is 1. The maximum atomic E-state index is 12.3. The van der Waals surface area contributed by atoms with Gasteiger partial charge in [-0.15, -0.1) is 0 Å². The molecule has 1 N–H and O–H groups in total. The first-order chi connectivity index (χ1) is 8.92. The van der Waals surface area contributed by atoms with Crippen LogP contribution < -0.4 is 9.46 Å². The number of aryl methyl sites for hydroxylation is 1. The Bertz CT molecular complexity index is 697. The zero-order valence-corrected chi connectivity index (χ0v) is 12.7. The highest BCUT2D eigenvalue weighted by atomic mass is 79.9. The van der Waals surface area contributed by atoms with Gasteiger partial charge in [0.1, 0.15) is 10.6 Å². The van der Waals surface area contributed by atoms with Gasteiger partial charge >= 0.3 is 0 Å². The van der Waals surface area contributed by atoms with Crippen molar-refractivity contribution in [2.24, 2.45) is 7.05 Å². The van der Waals surface area contributed by atoms with E-state index in [0.717, 1.165) is 0 Å². The Morgan fingerprint density at radius 3 is 2.74 bits per heavy atom. The monoisotopic (exact) mass is 345 g/mol. The minimum Gasteiger partial charge on any atom is -0.495 e. The fraction of sp³-hybridized carbons (Fsp3) is 0.182. The molecule has 19 heavy (non-hydrogen) atoms. The Balaban J connectivity index is 2.41. The third-order valence-corrected chi connectivity index (χ3v) is 4.27. The van der Waals surface area contributed by atoms with Gasteiger partial charge in [-0.05, 0) is 18.2 Å². The van der Waals surface area contributed by atoms with Gasteiger partial charge in [0, 0.05) is 17.7 Å². The second-order valence-corrected chi connectivity index (χ2v) is 6.37. The summed E-state index contributed by atoms with van der Waals surface area (Å²) in [4.78, 5) is 0.0632. The van der Waals surface area contributed by atoms with Gasteiger partial charge in [0.15, 0.2) is 0 Å². The average molecular weight is 346 g/mol. The molecular formula is C11H12BrN3O3S. The molecule has 0 aliphatic rings. The van der Waals surface area contributed by atoms with E-state index in [1.165, 1.54) is 24.1 Å². The van der Waals surface area contributed by atoms with Crippen LogP contribution in [0.2, 0.25) is 0 Å². The highest BCUT2D eigenvalue weighted by Gasteiger charge is 2.20. The van der Waals surface area contributed by atoms with E-state index in [1.54, 1.807) is 25.4 Å². The van der Waals surface area contributed by atoms with Crippen molar-refractivity contribution in [3.05, 3.63) is 35.1 Å². The fourth-order valence-electron chi connectivity index (χ4n) is 1.54. The van der Waals surface area contributed by atoms with Crippen LogP contribution in [0.3, 0.4) is 0 Å². The van der Waals surface area contributed by atoms with Crippen LogP contribution in [-0.2, 0) is 17.1 Å². The molecule has 2 rings (SSSR count). The molecule has 0 saturated heterocycles. The van der Waals surface area contributed by atoms with Crippen molar-refractivity contribution < 1.29 is 13.2 Å². The molecule has 0 aliphatic heterocycles. The molecule has 6 nitrogen and oxygen atoms in total. The first-order valence-corrected chi connectivity index (χ1v) is 7.55. The minimum absolute atomic E-state index is 0.0632. The highest BCUT2D eigenvalue weighted by Crippen LogP contribution is 2.28. The normalized spacial score (nSPS) is 11.3. The third kappa shape index (κ3) is 3.07. The summed E-state index contributed by atoms with van der Waals surface area (Å²) in [7, 11) is -0.595. The lowest BCUT2D eigenvalue weighted by molar-refractivity contribution is 0.403. The van der Waals surface area contributed by atoms with Crippen LogP contribution in [0.15, 0.2) is 40.0 Å². The maximum Gasteiger partial charge on any atom is 0.265 e. The molecule has 0 amide bonds. The topological polar surface area (TPSA) is 73.2 Å². The Kier molecular flexibility index (Phi) is 3.81. The van der Waals surface area contributed by atoms with Crippen LogP contribution in [0.25, 0.3) is 0 Å². The molecule has 8 heteroatoms. The van der Waals surface area contributed by atoms with E-state index in [1.807, 2.05) is 0 Å². The van der Waals surface area contributed by atoms with Gasteiger partial charge in [-0.25, -0.2) is 8.42 Å². The molecule has 102 valence electrons. The molecule has 0 atom stereocenters. The second kappa shape index (κ2) is 5.22. The van der Waals surface area contributed by atoms with Crippen LogP contribution in [0.1, 0.15) is 0 Å². The Hall–Kier alpha value is -1.54. The summed E-state index contributed by atoms with van der Waals surface area (Å²) in [6.45, 7) is 0. The van der Waals surface area contributed by atoms with Gasteiger partial charge in [-0.3, -0.25) is 9.40 Å². The summed E-state index contributed by atoms with van der Waals surface area (Å²) in [6.07, 6.45) is 3.00. The second-order valence-electron chi connectivity index (χ2n) is 3.80. The van der Waals surface area contributed by atoms with Gasteiger partial charge in [0.2, 0.25) is 0 Å². The zero-order valence-electron chi connectivity index (χ0n) is 10.3. The molecule has 0 unspecified atom stereocenters. The zero-order chi connectivity index (χ0) is 14.0. The van der Waals surface area contributed by atoms with Crippen molar-refractivity contribution in [1.82, 2.24) is 9.78 Å². The van der Waals surface area contributed by atoms with E-state index in [9.17, 15) is 8.42 Å². The van der Waals surface area contributed by atoms with Gasteiger partial charge in [0.25, 0.3) is 10.0 Å². The van der Waals surface area contributed by atoms with E-state index < -0.39 is 10.0 Å². The van der Waals surface area contributed by atoms with Crippen molar-refractivity contribution in [3.63, 3.8) is 0 Å². The standard InChI is InChI=1S/C11H12BrN3O3S/c1-15-7-9(6-13-15)14-19(16,17)11-5-8(12)3-4-10(11)18-2/h3-7,14H,1-2H3. The van der Waals surface area contributed by atoms with Gasteiger partial charge < -0.3 is 4.74 Å². The average Bonchev–Trinajstić information content (AvgIpc) is 2.74. The number of nitrogens with zero attached hydrogens (tertiary/aromatic N) is 2. The number of rotatable bonds is 4. The van der Waals surface area contributed by atoms with Crippen molar-refractivity contribution in [3.8, 4) is 5.75 Å². The number of methoxy groups -OCH3 is 1. The van der Waals surface area contributed by atoms with Crippen LogP contribution in [0.4, 0.5) is 5.69 Å². The summed E-state index contributed by atoms with van der Waals surface area (Å²) >= 11 is 3.24. The lowest BCUT2D eigenvalue weighted by Crippen LogP contribution is -2.13. The Morgan fingerprint density at radius 1 is 1.42 bits per heavy atom. The summed E-state index contributed by atoms with van der Waals surface area (Å²) in [5.74, 6) is 0.277. The molecule has 1 aromatic heterocycles. The number of anilines is 1. The molecule has 0 radical (unpaired) electrons. The molecule has 0 spiro atoms. The van der Waals surface area contributed by atoms with Crippen molar-refractivity contribution in [1.29, 1.82) is 0 Å². The SMILES string of the molecule is COc1ccc(Br)cc1S(=O)(=O)Nc1cnn(C)c1.